The van der Waals surface area contributed by atoms with Crippen LogP contribution in [0.3, 0.4) is 0 Å². The second-order valence-corrected chi connectivity index (χ2v) is 5.01. The molecule has 0 atom stereocenters. The molecule has 0 aliphatic rings. The van der Waals surface area contributed by atoms with Gasteiger partial charge in [0.05, 0.1) is 6.61 Å². The van der Waals surface area contributed by atoms with Gasteiger partial charge in [-0.25, -0.2) is 0 Å². The third-order valence-electron chi connectivity index (χ3n) is 3.14. The Balaban J connectivity index is 2.22. The molecule has 0 unspecified atom stereocenters. The average molecular weight is 307 g/mol. The van der Waals surface area contributed by atoms with E-state index < -0.39 is 0 Å². The number of hydrogen-bond acceptors (Lipinski definition) is 1. The molecule has 0 aliphatic heterocycles. The summed E-state index contributed by atoms with van der Waals surface area (Å²) in [4.78, 5) is 0. The van der Waals surface area contributed by atoms with Crippen LogP contribution in [-0.4, -0.2) is 6.61 Å². The maximum absolute atomic E-state index is 5.91. The first kappa shape index (κ1) is 13.4. The van der Waals surface area contributed by atoms with Crippen molar-refractivity contribution in [1.82, 2.24) is 0 Å². The summed E-state index contributed by atoms with van der Waals surface area (Å²) in [6, 6.07) is 12.7. The van der Waals surface area contributed by atoms with Crippen molar-refractivity contribution in [2.24, 2.45) is 0 Å². The molecule has 96 valence electrons. The van der Waals surface area contributed by atoms with Crippen LogP contribution in [0.5, 0.6) is 5.75 Å². The summed E-state index contributed by atoms with van der Waals surface area (Å²) in [5, 5.41) is 3.38. The maximum atomic E-state index is 5.91. The molecule has 2 heteroatoms. The van der Waals surface area contributed by atoms with Crippen LogP contribution in [0.1, 0.15) is 31.7 Å². The van der Waals surface area contributed by atoms with Gasteiger partial charge in [0.25, 0.3) is 0 Å². The summed E-state index contributed by atoms with van der Waals surface area (Å²) >= 11 is 3.57. The summed E-state index contributed by atoms with van der Waals surface area (Å²) < 4.78 is 5.91. The Morgan fingerprint density at radius 3 is 2.67 bits per heavy atom. The largest absolute Gasteiger partial charge is 0.493 e. The van der Waals surface area contributed by atoms with Gasteiger partial charge in [0, 0.05) is 10.9 Å². The summed E-state index contributed by atoms with van der Waals surface area (Å²) in [7, 11) is 0. The molecule has 2 aromatic carbocycles. The van der Waals surface area contributed by atoms with Gasteiger partial charge in [0.15, 0.2) is 0 Å². The Bertz CT molecular complexity index is 507. The van der Waals surface area contributed by atoms with E-state index in [1.807, 2.05) is 0 Å². The van der Waals surface area contributed by atoms with Gasteiger partial charge in [-0.1, -0.05) is 66.0 Å². The molecule has 0 radical (unpaired) electrons. The van der Waals surface area contributed by atoms with E-state index in [2.05, 4.69) is 59.3 Å². The van der Waals surface area contributed by atoms with E-state index in [0.29, 0.717) is 0 Å². The highest BCUT2D eigenvalue weighted by molar-refractivity contribution is 9.08. The number of unbranched alkanes of at least 4 members (excludes halogenated alkanes) is 2. The molecule has 1 nitrogen and oxygen atoms in total. The highest BCUT2D eigenvalue weighted by Crippen LogP contribution is 2.30. The van der Waals surface area contributed by atoms with Crippen molar-refractivity contribution in [1.29, 1.82) is 0 Å². The molecule has 0 aromatic heterocycles. The fraction of sp³-hybridized carbons (Fsp3) is 0.375. The van der Waals surface area contributed by atoms with E-state index in [1.54, 1.807) is 0 Å². The number of benzene rings is 2. The minimum absolute atomic E-state index is 0.812. The monoisotopic (exact) mass is 306 g/mol. The fourth-order valence-corrected chi connectivity index (χ4v) is 2.70. The van der Waals surface area contributed by atoms with E-state index in [-0.39, 0.29) is 0 Å². The highest BCUT2D eigenvalue weighted by atomic mass is 79.9. The molecule has 0 amide bonds. The van der Waals surface area contributed by atoms with Crippen LogP contribution < -0.4 is 4.74 Å². The number of ether oxygens (including phenoxy) is 1. The lowest BCUT2D eigenvalue weighted by atomic mass is 10.0. The van der Waals surface area contributed by atoms with Gasteiger partial charge in [0.2, 0.25) is 0 Å². The van der Waals surface area contributed by atoms with Gasteiger partial charge in [-0.15, -0.1) is 0 Å². The van der Waals surface area contributed by atoms with Gasteiger partial charge >= 0.3 is 0 Å². The van der Waals surface area contributed by atoms with E-state index in [4.69, 9.17) is 4.74 Å². The molecular weight excluding hydrogens is 288 g/mol. The smallest absolute Gasteiger partial charge is 0.123 e. The average Bonchev–Trinajstić information content (AvgIpc) is 2.43. The van der Waals surface area contributed by atoms with E-state index in [0.717, 1.165) is 24.1 Å². The zero-order valence-electron chi connectivity index (χ0n) is 10.8. The Morgan fingerprint density at radius 2 is 1.89 bits per heavy atom. The first-order valence-corrected chi connectivity index (χ1v) is 7.68. The van der Waals surface area contributed by atoms with Crippen molar-refractivity contribution in [2.45, 2.75) is 31.5 Å². The van der Waals surface area contributed by atoms with Gasteiger partial charge < -0.3 is 4.74 Å². The van der Waals surface area contributed by atoms with Crippen LogP contribution in [0.2, 0.25) is 0 Å². The lowest BCUT2D eigenvalue weighted by Crippen LogP contribution is -1.99. The van der Waals surface area contributed by atoms with E-state index >= 15 is 0 Å². The van der Waals surface area contributed by atoms with Crippen molar-refractivity contribution >= 4 is 26.7 Å². The van der Waals surface area contributed by atoms with Crippen LogP contribution in [0.25, 0.3) is 10.8 Å². The highest BCUT2D eigenvalue weighted by Gasteiger charge is 2.07. The summed E-state index contributed by atoms with van der Waals surface area (Å²) in [6.45, 7) is 3.02. The number of rotatable bonds is 6. The Labute approximate surface area is 117 Å². The van der Waals surface area contributed by atoms with E-state index in [1.165, 1.54) is 29.2 Å². The third kappa shape index (κ3) is 3.05. The molecule has 0 fully saturated rings. The van der Waals surface area contributed by atoms with Crippen LogP contribution >= 0.6 is 15.9 Å². The maximum Gasteiger partial charge on any atom is 0.123 e. The molecule has 0 heterocycles. The standard InChI is InChI=1S/C16H19BrO/c1-2-3-6-11-18-16-10-9-13-7-4-5-8-14(13)15(16)12-17/h4-5,7-10H,2-3,6,11-12H2,1H3. The molecule has 2 aromatic rings. The number of fused-ring (bicyclic) bond motifs is 1. The number of alkyl halides is 1. The summed E-state index contributed by atoms with van der Waals surface area (Å²) in [5.41, 5.74) is 1.25. The van der Waals surface area contributed by atoms with Crippen molar-refractivity contribution in [2.75, 3.05) is 6.61 Å². The van der Waals surface area contributed by atoms with Crippen molar-refractivity contribution < 1.29 is 4.74 Å². The zero-order valence-corrected chi connectivity index (χ0v) is 12.4. The topological polar surface area (TPSA) is 9.23 Å². The van der Waals surface area contributed by atoms with E-state index in [9.17, 15) is 0 Å². The SMILES string of the molecule is CCCCCOc1ccc2ccccc2c1CBr. The van der Waals surface area contributed by atoms with Gasteiger partial charge in [-0.05, 0) is 23.3 Å². The van der Waals surface area contributed by atoms with Crippen LogP contribution in [0, 0.1) is 0 Å². The van der Waals surface area contributed by atoms with Crippen LogP contribution in [-0.2, 0) is 5.33 Å². The normalized spacial score (nSPS) is 10.8. The third-order valence-corrected chi connectivity index (χ3v) is 3.70. The molecule has 0 saturated carbocycles. The molecule has 2 rings (SSSR count). The second-order valence-electron chi connectivity index (χ2n) is 4.45. The Morgan fingerprint density at radius 1 is 1.06 bits per heavy atom. The molecule has 0 spiro atoms. The lowest BCUT2D eigenvalue weighted by molar-refractivity contribution is 0.304. The molecule has 18 heavy (non-hydrogen) atoms. The number of hydrogen-bond donors (Lipinski definition) is 0. The predicted octanol–water partition coefficient (Wildman–Crippen LogP) is 5.30. The lowest BCUT2D eigenvalue weighted by Gasteiger charge is -2.12. The van der Waals surface area contributed by atoms with Crippen molar-refractivity contribution in [3.63, 3.8) is 0 Å². The van der Waals surface area contributed by atoms with Crippen LogP contribution in [0.4, 0.5) is 0 Å². The summed E-state index contributed by atoms with van der Waals surface area (Å²) in [5.74, 6) is 1.02. The molecule has 0 saturated heterocycles. The Kier molecular flexibility index (Phi) is 5.06. The fourth-order valence-electron chi connectivity index (χ4n) is 2.12. The molecular formula is C16H19BrO. The first-order chi connectivity index (χ1) is 8.86. The van der Waals surface area contributed by atoms with Crippen molar-refractivity contribution in [3.05, 3.63) is 42.0 Å². The first-order valence-electron chi connectivity index (χ1n) is 6.56. The molecule has 0 bridgehead atoms. The second kappa shape index (κ2) is 6.79. The van der Waals surface area contributed by atoms with Crippen LogP contribution in [0.15, 0.2) is 36.4 Å². The summed E-state index contributed by atoms with van der Waals surface area (Å²) in [6.07, 6.45) is 3.59. The quantitative estimate of drug-likeness (QED) is 0.519. The Hall–Kier alpha value is -1.02. The molecule has 0 N–H and O–H groups in total. The van der Waals surface area contributed by atoms with Gasteiger partial charge in [-0.2, -0.15) is 0 Å². The zero-order chi connectivity index (χ0) is 12.8. The minimum atomic E-state index is 0.812. The van der Waals surface area contributed by atoms with Gasteiger partial charge in [-0.3, -0.25) is 0 Å². The minimum Gasteiger partial charge on any atom is -0.493 e. The molecule has 0 aliphatic carbocycles. The van der Waals surface area contributed by atoms with Gasteiger partial charge in [0.1, 0.15) is 5.75 Å². The predicted molar refractivity (Wildman–Crippen MR) is 81.6 cm³/mol. The number of halogens is 1. The van der Waals surface area contributed by atoms with Crippen molar-refractivity contribution in [3.8, 4) is 5.75 Å².